The molecule has 150 valence electrons. The molecule has 0 saturated carbocycles. The summed E-state index contributed by atoms with van der Waals surface area (Å²) in [5.41, 5.74) is 2.80. The number of hydrogen-bond acceptors (Lipinski definition) is 7. The van der Waals surface area contributed by atoms with Gasteiger partial charge in [0.15, 0.2) is 0 Å². The van der Waals surface area contributed by atoms with Crippen molar-refractivity contribution in [2.75, 3.05) is 20.2 Å². The third-order valence-electron chi connectivity index (χ3n) is 4.18. The maximum absolute atomic E-state index is 13.0. The molecule has 0 aromatic heterocycles. The molecule has 0 fully saturated rings. The second-order valence-corrected chi connectivity index (χ2v) is 5.93. The summed E-state index contributed by atoms with van der Waals surface area (Å²) in [6.07, 6.45) is -0.735. The van der Waals surface area contributed by atoms with Gasteiger partial charge in [-0.2, -0.15) is 0 Å². The fourth-order valence-corrected chi connectivity index (χ4v) is 2.90. The lowest BCUT2D eigenvalue weighted by molar-refractivity contribution is -0.152. The third kappa shape index (κ3) is 4.34. The zero-order chi connectivity index (χ0) is 20.8. The second-order valence-electron chi connectivity index (χ2n) is 5.93. The largest absolute Gasteiger partial charge is 0.481 e. The van der Waals surface area contributed by atoms with E-state index in [1.807, 2.05) is 0 Å². The van der Waals surface area contributed by atoms with Gasteiger partial charge in [0.2, 0.25) is 0 Å². The van der Waals surface area contributed by atoms with Crippen LogP contribution in [-0.4, -0.2) is 70.9 Å². The van der Waals surface area contributed by atoms with Crippen LogP contribution in [0, 0.1) is 0 Å². The van der Waals surface area contributed by atoms with E-state index in [4.69, 9.17) is 9.84 Å². The van der Waals surface area contributed by atoms with Gasteiger partial charge in [0.1, 0.15) is 12.6 Å². The van der Waals surface area contributed by atoms with E-state index in [1.54, 1.807) is 19.1 Å². The Balaban J connectivity index is 2.32. The standard InChI is InChI=1S/C18H21N3O7/c1-3-28-15(24)10-20(19-2)18(27)13(8-9-14(22)23)21-16(25)11-6-4-5-7-12(11)17(21)26/h4-7,13,19H,3,8-10H2,1-2H3,(H,22,23)/t13-/m0/s1. The Bertz CT molecular complexity index is 773. The minimum Gasteiger partial charge on any atom is -0.481 e. The average molecular weight is 391 g/mol. The summed E-state index contributed by atoms with van der Waals surface area (Å²) >= 11 is 0. The summed E-state index contributed by atoms with van der Waals surface area (Å²) in [4.78, 5) is 61.9. The Labute approximate surface area is 161 Å². The minimum absolute atomic E-state index is 0.116. The molecule has 1 aliphatic rings. The first-order chi connectivity index (χ1) is 13.3. The van der Waals surface area contributed by atoms with Crippen LogP contribution in [0.1, 0.15) is 40.5 Å². The van der Waals surface area contributed by atoms with Gasteiger partial charge in [0.05, 0.1) is 17.7 Å². The molecule has 3 amide bonds. The van der Waals surface area contributed by atoms with Gasteiger partial charge in [-0.15, -0.1) is 0 Å². The van der Waals surface area contributed by atoms with Crippen LogP contribution in [0.3, 0.4) is 0 Å². The zero-order valence-corrected chi connectivity index (χ0v) is 15.5. The SMILES string of the molecule is CCOC(=O)CN(NC)C(=O)[C@H](CCC(=O)O)N1C(=O)c2ccccc2C1=O. The number of carbonyl (C=O) groups is 5. The molecular formula is C18H21N3O7. The van der Waals surface area contributed by atoms with Crippen molar-refractivity contribution in [3.05, 3.63) is 35.4 Å². The highest BCUT2D eigenvalue weighted by atomic mass is 16.5. The number of benzene rings is 1. The van der Waals surface area contributed by atoms with Crippen molar-refractivity contribution < 1.29 is 33.8 Å². The zero-order valence-electron chi connectivity index (χ0n) is 15.5. The van der Waals surface area contributed by atoms with Gasteiger partial charge in [-0.3, -0.25) is 33.9 Å². The highest BCUT2D eigenvalue weighted by molar-refractivity contribution is 6.22. The first-order valence-electron chi connectivity index (χ1n) is 8.64. The molecule has 0 spiro atoms. The number of carboxylic acid groups (broad SMARTS) is 1. The quantitative estimate of drug-likeness (QED) is 0.342. The van der Waals surface area contributed by atoms with Crippen LogP contribution in [0.2, 0.25) is 0 Å². The van der Waals surface area contributed by atoms with E-state index in [0.717, 1.165) is 9.91 Å². The van der Waals surface area contributed by atoms with Crippen LogP contribution in [0.5, 0.6) is 0 Å². The van der Waals surface area contributed by atoms with Gasteiger partial charge in [0, 0.05) is 13.5 Å². The van der Waals surface area contributed by atoms with E-state index < -0.39 is 48.7 Å². The number of carboxylic acids is 1. The summed E-state index contributed by atoms with van der Waals surface area (Å²) in [5, 5.41) is 9.90. The highest BCUT2D eigenvalue weighted by Gasteiger charge is 2.44. The lowest BCUT2D eigenvalue weighted by atomic mass is 10.1. The number of rotatable bonds is 9. The molecule has 1 aromatic carbocycles. The van der Waals surface area contributed by atoms with Crippen molar-refractivity contribution in [1.82, 2.24) is 15.3 Å². The molecule has 0 radical (unpaired) electrons. The number of hydrogen-bond donors (Lipinski definition) is 2. The Kier molecular flexibility index (Phi) is 6.83. The van der Waals surface area contributed by atoms with Crippen molar-refractivity contribution in [2.24, 2.45) is 0 Å². The molecule has 1 atom stereocenters. The Morgan fingerprint density at radius 2 is 1.75 bits per heavy atom. The lowest BCUT2D eigenvalue weighted by Gasteiger charge is -2.30. The minimum atomic E-state index is -1.38. The van der Waals surface area contributed by atoms with Crippen LogP contribution in [0.4, 0.5) is 0 Å². The first-order valence-corrected chi connectivity index (χ1v) is 8.64. The number of hydrazine groups is 1. The van der Waals surface area contributed by atoms with Gasteiger partial charge < -0.3 is 9.84 Å². The molecule has 10 nitrogen and oxygen atoms in total. The molecule has 1 heterocycles. The molecule has 2 rings (SSSR count). The van der Waals surface area contributed by atoms with Gasteiger partial charge in [-0.25, -0.2) is 5.43 Å². The van der Waals surface area contributed by atoms with Crippen molar-refractivity contribution in [3.63, 3.8) is 0 Å². The number of carbonyl (C=O) groups excluding carboxylic acids is 4. The molecule has 1 aromatic rings. The predicted octanol–water partition coefficient (Wildman–Crippen LogP) is 0.0421. The molecule has 0 saturated heterocycles. The van der Waals surface area contributed by atoms with Crippen LogP contribution >= 0.6 is 0 Å². The fraction of sp³-hybridized carbons (Fsp3) is 0.389. The van der Waals surface area contributed by atoms with Crippen molar-refractivity contribution in [1.29, 1.82) is 0 Å². The smallest absolute Gasteiger partial charge is 0.327 e. The average Bonchev–Trinajstić information content (AvgIpc) is 2.91. The fourth-order valence-electron chi connectivity index (χ4n) is 2.90. The van der Waals surface area contributed by atoms with Crippen molar-refractivity contribution in [3.8, 4) is 0 Å². The maximum Gasteiger partial charge on any atom is 0.327 e. The second kappa shape index (κ2) is 9.09. The van der Waals surface area contributed by atoms with Gasteiger partial charge >= 0.3 is 11.9 Å². The van der Waals surface area contributed by atoms with Gasteiger partial charge in [-0.05, 0) is 25.5 Å². The monoisotopic (exact) mass is 391 g/mol. The van der Waals surface area contributed by atoms with E-state index in [1.165, 1.54) is 19.2 Å². The van der Waals surface area contributed by atoms with E-state index >= 15 is 0 Å². The summed E-state index contributed by atoms with van der Waals surface area (Å²) in [6, 6.07) is 4.71. The van der Waals surface area contributed by atoms with Crippen LogP contribution < -0.4 is 5.43 Å². The summed E-state index contributed by atoms with van der Waals surface area (Å²) < 4.78 is 4.81. The van der Waals surface area contributed by atoms with E-state index in [-0.39, 0.29) is 24.2 Å². The van der Waals surface area contributed by atoms with Crippen LogP contribution in [0.15, 0.2) is 24.3 Å². The molecule has 0 unspecified atom stereocenters. The Hall–Kier alpha value is -3.27. The molecule has 10 heteroatoms. The summed E-state index contributed by atoms with van der Waals surface area (Å²) in [5.74, 6) is -4.03. The predicted molar refractivity (Wildman–Crippen MR) is 95.0 cm³/mol. The van der Waals surface area contributed by atoms with Crippen molar-refractivity contribution in [2.45, 2.75) is 25.8 Å². The Morgan fingerprint density at radius 3 is 2.21 bits per heavy atom. The summed E-state index contributed by atoms with van der Waals surface area (Å²) in [6.45, 7) is 1.26. The number of aliphatic carboxylic acids is 1. The van der Waals surface area contributed by atoms with E-state index in [2.05, 4.69) is 5.43 Å². The Morgan fingerprint density at radius 1 is 1.18 bits per heavy atom. The lowest BCUT2D eigenvalue weighted by Crippen LogP contribution is -2.55. The molecule has 2 N–H and O–H groups in total. The van der Waals surface area contributed by atoms with Gasteiger partial charge in [0.25, 0.3) is 17.7 Å². The number of fused-ring (bicyclic) bond motifs is 1. The molecule has 0 aliphatic carbocycles. The highest BCUT2D eigenvalue weighted by Crippen LogP contribution is 2.26. The van der Waals surface area contributed by atoms with Gasteiger partial charge in [-0.1, -0.05) is 12.1 Å². The number of nitrogens with zero attached hydrogens (tertiary/aromatic N) is 2. The molecule has 28 heavy (non-hydrogen) atoms. The first kappa shape index (κ1) is 21.0. The van der Waals surface area contributed by atoms with E-state index in [0.29, 0.717) is 0 Å². The number of nitrogens with one attached hydrogen (secondary N) is 1. The number of ether oxygens (including phenoxy) is 1. The maximum atomic E-state index is 13.0. The third-order valence-corrected chi connectivity index (χ3v) is 4.18. The molecule has 1 aliphatic heterocycles. The van der Waals surface area contributed by atoms with Crippen LogP contribution in [-0.2, 0) is 19.1 Å². The van der Waals surface area contributed by atoms with Crippen LogP contribution in [0.25, 0.3) is 0 Å². The normalized spacial score (nSPS) is 13.9. The molecule has 0 bridgehead atoms. The topological polar surface area (TPSA) is 133 Å². The van der Waals surface area contributed by atoms with E-state index in [9.17, 15) is 24.0 Å². The number of esters is 1. The number of imide groups is 1. The summed E-state index contributed by atoms with van der Waals surface area (Å²) in [7, 11) is 1.38. The number of amides is 3. The molecular weight excluding hydrogens is 370 g/mol. The van der Waals surface area contributed by atoms with Crippen molar-refractivity contribution >= 4 is 29.7 Å².